The van der Waals surface area contributed by atoms with Gasteiger partial charge in [0.1, 0.15) is 0 Å². The number of fused-ring (bicyclic) bond motifs is 3. The molecule has 4 aromatic rings. The van der Waals surface area contributed by atoms with E-state index in [0.717, 1.165) is 0 Å². The SMILES string of the molecule is O=C(O)c1ccc2ncc3c(=O)n(-c4ccccc4)[nH]c3c2c1. The fourth-order valence-corrected chi connectivity index (χ4v) is 2.65. The van der Waals surface area contributed by atoms with Crippen LogP contribution in [0.25, 0.3) is 27.5 Å². The highest BCUT2D eigenvalue weighted by molar-refractivity contribution is 6.05. The van der Waals surface area contributed by atoms with Crippen LogP contribution in [0, 0.1) is 0 Å². The molecule has 0 bridgehead atoms. The van der Waals surface area contributed by atoms with Crippen LogP contribution in [-0.2, 0) is 0 Å². The summed E-state index contributed by atoms with van der Waals surface area (Å²) in [7, 11) is 0. The summed E-state index contributed by atoms with van der Waals surface area (Å²) in [4.78, 5) is 28.0. The predicted octanol–water partition coefficient (Wildman–Crippen LogP) is 2.57. The molecule has 0 fully saturated rings. The molecule has 0 spiro atoms. The first-order chi connectivity index (χ1) is 11.1. The first-order valence-corrected chi connectivity index (χ1v) is 6.97. The second-order valence-corrected chi connectivity index (χ2v) is 5.17. The predicted molar refractivity (Wildman–Crippen MR) is 86.2 cm³/mol. The Morgan fingerprint density at radius 1 is 1.09 bits per heavy atom. The Hall–Kier alpha value is -3.41. The van der Waals surface area contributed by atoms with E-state index >= 15 is 0 Å². The fraction of sp³-hybridized carbons (Fsp3) is 0. The highest BCUT2D eigenvalue weighted by atomic mass is 16.4. The summed E-state index contributed by atoms with van der Waals surface area (Å²) in [6.45, 7) is 0. The van der Waals surface area contributed by atoms with Crippen molar-refractivity contribution in [1.82, 2.24) is 14.8 Å². The van der Waals surface area contributed by atoms with E-state index in [4.69, 9.17) is 5.11 Å². The number of carboxylic acid groups (broad SMARTS) is 1. The number of aromatic amines is 1. The highest BCUT2D eigenvalue weighted by Gasteiger charge is 2.13. The molecule has 6 heteroatoms. The van der Waals surface area contributed by atoms with Crippen LogP contribution >= 0.6 is 0 Å². The van der Waals surface area contributed by atoms with Crippen LogP contribution in [0.15, 0.2) is 59.5 Å². The molecule has 0 saturated carbocycles. The maximum absolute atomic E-state index is 12.6. The number of carboxylic acids is 1. The molecule has 2 aromatic heterocycles. The Bertz CT molecular complexity index is 1110. The number of pyridine rings is 1. The van der Waals surface area contributed by atoms with Crippen molar-refractivity contribution < 1.29 is 9.90 Å². The zero-order valence-electron chi connectivity index (χ0n) is 11.9. The fourth-order valence-electron chi connectivity index (χ4n) is 2.65. The van der Waals surface area contributed by atoms with Gasteiger partial charge in [-0.05, 0) is 30.3 Å². The monoisotopic (exact) mass is 305 g/mol. The van der Waals surface area contributed by atoms with Crippen molar-refractivity contribution in [3.63, 3.8) is 0 Å². The van der Waals surface area contributed by atoms with Crippen molar-refractivity contribution in [2.45, 2.75) is 0 Å². The van der Waals surface area contributed by atoms with Gasteiger partial charge in [0.15, 0.2) is 0 Å². The van der Waals surface area contributed by atoms with Gasteiger partial charge in [0.05, 0.1) is 27.7 Å². The molecular formula is C17H11N3O3. The molecule has 0 radical (unpaired) electrons. The quantitative estimate of drug-likeness (QED) is 0.596. The number of rotatable bonds is 2. The topological polar surface area (TPSA) is 88.0 Å². The van der Waals surface area contributed by atoms with Crippen LogP contribution < -0.4 is 5.56 Å². The number of carbonyl (C=O) groups is 1. The van der Waals surface area contributed by atoms with E-state index in [1.54, 1.807) is 6.07 Å². The molecule has 2 aromatic carbocycles. The van der Waals surface area contributed by atoms with Crippen LogP contribution in [0.1, 0.15) is 10.4 Å². The highest BCUT2D eigenvalue weighted by Crippen LogP contribution is 2.22. The average Bonchev–Trinajstić information content (AvgIpc) is 2.92. The summed E-state index contributed by atoms with van der Waals surface area (Å²) < 4.78 is 1.43. The molecule has 2 heterocycles. The van der Waals surface area contributed by atoms with E-state index < -0.39 is 5.97 Å². The van der Waals surface area contributed by atoms with Gasteiger partial charge in [-0.1, -0.05) is 18.2 Å². The second kappa shape index (κ2) is 4.81. The van der Waals surface area contributed by atoms with E-state index in [1.807, 2.05) is 30.3 Å². The van der Waals surface area contributed by atoms with Gasteiger partial charge < -0.3 is 5.11 Å². The lowest BCUT2D eigenvalue weighted by atomic mass is 10.1. The molecule has 0 aliphatic carbocycles. The minimum atomic E-state index is -1.02. The molecule has 0 aliphatic rings. The number of para-hydroxylation sites is 1. The summed E-state index contributed by atoms with van der Waals surface area (Å²) in [5.41, 5.74) is 1.84. The number of benzene rings is 2. The summed E-state index contributed by atoms with van der Waals surface area (Å²) in [5.74, 6) is -1.02. The average molecular weight is 305 g/mol. The molecule has 6 nitrogen and oxygen atoms in total. The van der Waals surface area contributed by atoms with Crippen LogP contribution in [0.5, 0.6) is 0 Å². The van der Waals surface area contributed by atoms with Gasteiger partial charge in [-0.3, -0.25) is 14.9 Å². The van der Waals surface area contributed by atoms with Crippen molar-refractivity contribution >= 4 is 27.8 Å². The Labute approximate surface area is 129 Å². The number of hydrogen-bond acceptors (Lipinski definition) is 3. The van der Waals surface area contributed by atoms with Crippen molar-refractivity contribution in [1.29, 1.82) is 0 Å². The first kappa shape index (κ1) is 13.3. The standard InChI is InChI=1S/C17H11N3O3/c21-16-13-9-18-14-7-6-10(17(22)23)8-12(14)15(13)19-20(16)11-4-2-1-3-5-11/h1-9,19H,(H,22,23). The van der Waals surface area contributed by atoms with Crippen molar-refractivity contribution in [2.75, 3.05) is 0 Å². The number of aromatic nitrogens is 3. The molecular weight excluding hydrogens is 294 g/mol. The van der Waals surface area contributed by atoms with Crippen molar-refractivity contribution in [2.24, 2.45) is 0 Å². The van der Waals surface area contributed by atoms with E-state index in [9.17, 15) is 9.59 Å². The molecule has 2 N–H and O–H groups in total. The molecule has 0 unspecified atom stereocenters. The summed E-state index contributed by atoms with van der Waals surface area (Å²) in [6, 6.07) is 13.8. The zero-order valence-corrected chi connectivity index (χ0v) is 11.9. The number of hydrogen-bond donors (Lipinski definition) is 2. The molecule has 0 aliphatic heterocycles. The van der Waals surface area contributed by atoms with Crippen LogP contribution in [0.2, 0.25) is 0 Å². The Morgan fingerprint density at radius 2 is 1.87 bits per heavy atom. The van der Waals surface area contributed by atoms with Gasteiger partial charge in [0.25, 0.3) is 5.56 Å². The maximum Gasteiger partial charge on any atom is 0.335 e. The van der Waals surface area contributed by atoms with Gasteiger partial charge in [0.2, 0.25) is 0 Å². The van der Waals surface area contributed by atoms with Crippen LogP contribution in [0.4, 0.5) is 0 Å². The second-order valence-electron chi connectivity index (χ2n) is 5.17. The van der Waals surface area contributed by atoms with Crippen molar-refractivity contribution in [3.05, 3.63) is 70.6 Å². The molecule has 0 atom stereocenters. The van der Waals surface area contributed by atoms with Crippen LogP contribution in [0.3, 0.4) is 0 Å². The van der Waals surface area contributed by atoms with Gasteiger partial charge in [-0.25, -0.2) is 9.48 Å². The van der Waals surface area contributed by atoms with Gasteiger partial charge in [-0.15, -0.1) is 0 Å². The smallest absolute Gasteiger partial charge is 0.335 e. The lowest BCUT2D eigenvalue weighted by Crippen LogP contribution is -2.13. The third-order valence-electron chi connectivity index (χ3n) is 3.79. The Morgan fingerprint density at radius 3 is 2.61 bits per heavy atom. The summed E-state index contributed by atoms with van der Waals surface area (Å²) >= 11 is 0. The number of H-pyrrole nitrogens is 1. The summed E-state index contributed by atoms with van der Waals surface area (Å²) in [6.07, 6.45) is 1.51. The third kappa shape index (κ3) is 2.00. The normalized spacial score (nSPS) is 11.1. The number of nitrogens with zero attached hydrogens (tertiary/aromatic N) is 2. The lowest BCUT2D eigenvalue weighted by Gasteiger charge is -2.01. The third-order valence-corrected chi connectivity index (χ3v) is 3.79. The number of aromatic carboxylic acids is 1. The van der Waals surface area contributed by atoms with Gasteiger partial charge in [-0.2, -0.15) is 0 Å². The van der Waals surface area contributed by atoms with Crippen LogP contribution in [-0.4, -0.2) is 25.8 Å². The van der Waals surface area contributed by atoms with E-state index in [-0.39, 0.29) is 11.1 Å². The maximum atomic E-state index is 12.6. The number of nitrogens with one attached hydrogen (secondary N) is 1. The van der Waals surface area contributed by atoms with Gasteiger partial charge >= 0.3 is 5.97 Å². The first-order valence-electron chi connectivity index (χ1n) is 6.97. The molecule has 112 valence electrons. The van der Waals surface area contributed by atoms with Gasteiger partial charge in [0, 0.05) is 11.6 Å². The molecule has 0 amide bonds. The Kier molecular flexibility index (Phi) is 2.77. The zero-order chi connectivity index (χ0) is 16.0. The Balaban J connectivity index is 2.09. The lowest BCUT2D eigenvalue weighted by molar-refractivity contribution is 0.0697. The molecule has 23 heavy (non-hydrogen) atoms. The van der Waals surface area contributed by atoms with E-state index in [0.29, 0.717) is 27.5 Å². The largest absolute Gasteiger partial charge is 0.478 e. The summed E-state index contributed by atoms with van der Waals surface area (Å²) in [5, 5.41) is 13.2. The molecule has 0 saturated heterocycles. The van der Waals surface area contributed by atoms with E-state index in [2.05, 4.69) is 10.1 Å². The van der Waals surface area contributed by atoms with E-state index in [1.165, 1.54) is 23.0 Å². The minimum absolute atomic E-state index is 0.153. The van der Waals surface area contributed by atoms with Crippen molar-refractivity contribution in [3.8, 4) is 5.69 Å². The minimum Gasteiger partial charge on any atom is -0.478 e. The molecule has 4 rings (SSSR count).